The summed E-state index contributed by atoms with van der Waals surface area (Å²) in [6.07, 6.45) is 2.54. The van der Waals surface area contributed by atoms with Crippen LogP contribution < -0.4 is 15.0 Å². The quantitative estimate of drug-likeness (QED) is 0.918. The molecule has 0 aliphatic carbocycles. The number of nitrogens with zero attached hydrogens (tertiary/aromatic N) is 2. The molecular formula is C17H19N3O2S. The molecule has 1 fully saturated rings. The van der Waals surface area contributed by atoms with Crippen molar-refractivity contribution < 1.29 is 9.53 Å². The van der Waals surface area contributed by atoms with Crippen LogP contribution in [0.3, 0.4) is 0 Å². The summed E-state index contributed by atoms with van der Waals surface area (Å²) < 4.78 is 5.40. The van der Waals surface area contributed by atoms with Gasteiger partial charge in [-0.15, -0.1) is 11.3 Å². The minimum Gasteiger partial charge on any atom is -0.482 e. The van der Waals surface area contributed by atoms with Crippen molar-refractivity contribution >= 4 is 28.1 Å². The highest BCUT2D eigenvalue weighted by Gasteiger charge is 2.20. The van der Waals surface area contributed by atoms with Crippen LogP contribution in [0.25, 0.3) is 11.3 Å². The maximum atomic E-state index is 11.5. The molecule has 23 heavy (non-hydrogen) atoms. The molecule has 2 aliphatic rings. The van der Waals surface area contributed by atoms with Crippen LogP contribution in [0.15, 0.2) is 23.6 Å². The average Bonchev–Trinajstić information content (AvgIpc) is 3.04. The van der Waals surface area contributed by atoms with Gasteiger partial charge in [-0.2, -0.15) is 0 Å². The zero-order valence-electron chi connectivity index (χ0n) is 13.0. The SMILES string of the molecule is CC1CCCN(c2nc(-c3ccc4c(c3)NC(=O)CO4)cs2)C1. The smallest absolute Gasteiger partial charge is 0.262 e. The van der Waals surface area contributed by atoms with Gasteiger partial charge in [0.05, 0.1) is 11.4 Å². The van der Waals surface area contributed by atoms with Crippen LogP contribution in [0.1, 0.15) is 19.8 Å². The Labute approximate surface area is 139 Å². The van der Waals surface area contributed by atoms with E-state index in [0.717, 1.165) is 41.1 Å². The van der Waals surface area contributed by atoms with E-state index in [0.29, 0.717) is 5.75 Å². The number of benzene rings is 1. The summed E-state index contributed by atoms with van der Waals surface area (Å²) in [7, 11) is 0. The number of carbonyl (C=O) groups is 1. The lowest BCUT2D eigenvalue weighted by Crippen LogP contribution is -2.34. The number of thiazole rings is 1. The van der Waals surface area contributed by atoms with Crippen LogP contribution >= 0.6 is 11.3 Å². The van der Waals surface area contributed by atoms with Crippen LogP contribution in [0.4, 0.5) is 10.8 Å². The fraction of sp³-hybridized carbons (Fsp3) is 0.412. The van der Waals surface area contributed by atoms with E-state index in [1.807, 2.05) is 18.2 Å². The van der Waals surface area contributed by atoms with Crippen LogP contribution in [0.2, 0.25) is 0 Å². The molecule has 1 aromatic heterocycles. The van der Waals surface area contributed by atoms with Gasteiger partial charge in [0.15, 0.2) is 11.7 Å². The van der Waals surface area contributed by atoms with Gasteiger partial charge in [0.2, 0.25) is 0 Å². The molecule has 1 amide bonds. The lowest BCUT2D eigenvalue weighted by molar-refractivity contribution is -0.118. The summed E-state index contributed by atoms with van der Waals surface area (Å²) in [6, 6.07) is 5.82. The molecule has 1 atom stereocenters. The highest BCUT2D eigenvalue weighted by Crippen LogP contribution is 2.35. The number of piperidine rings is 1. The van der Waals surface area contributed by atoms with E-state index < -0.39 is 0 Å². The summed E-state index contributed by atoms with van der Waals surface area (Å²) in [6.45, 7) is 4.56. The van der Waals surface area contributed by atoms with E-state index in [2.05, 4.69) is 22.5 Å². The van der Waals surface area contributed by atoms with Gasteiger partial charge in [-0.25, -0.2) is 4.98 Å². The van der Waals surface area contributed by atoms with Gasteiger partial charge in [-0.05, 0) is 37.0 Å². The van der Waals surface area contributed by atoms with Gasteiger partial charge in [0, 0.05) is 24.0 Å². The van der Waals surface area contributed by atoms with Crippen molar-refractivity contribution in [1.29, 1.82) is 0 Å². The molecule has 0 radical (unpaired) electrons. The second kappa shape index (κ2) is 5.85. The van der Waals surface area contributed by atoms with Crippen molar-refractivity contribution in [1.82, 2.24) is 4.98 Å². The Balaban J connectivity index is 1.59. The first-order valence-electron chi connectivity index (χ1n) is 7.96. The van der Waals surface area contributed by atoms with Crippen molar-refractivity contribution in [3.8, 4) is 17.0 Å². The Kier molecular flexibility index (Phi) is 3.69. The molecule has 1 aromatic carbocycles. The normalized spacial score (nSPS) is 20.7. The Hall–Kier alpha value is -2.08. The van der Waals surface area contributed by atoms with Crippen LogP contribution in [0, 0.1) is 5.92 Å². The zero-order valence-corrected chi connectivity index (χ0v) is 13.9. The van der Waals surface area contributed by atoms with Gasteiger partial charge >= 0.3 is 0 Å². The summed E-state index contributed by atoms with van der Waals surface area (Å²) in [5, 5.41) is 6.02. The first-order chi connectivity index (χ1) is 11.2. The second-order valence-corrected chi connectivity index (χ2v) is 7.09. The van der Waals surface area contributed by atoms with E-state index in [9.17, 15) is 4.79 Å². The molecule has 1 unspecified atom stereocenters. The third-order valence-electron chi connectivity index (χ3n) is 4.33. The number of fused-ring (bicyclic) bond motifs is 1. The van der Waals surface area contributed by atoms with Gasteiger partial charge in [0.25, 0.3) is 5.91 Å². The summed E-state index contributed by atoms with van der Waals surface area (Å²) in [4.78, 5) is 18.6. The van der Waals surface area contributed by atoms with Crippen molar-refractivity contribution in [2.45, 2.75) is 19.8 Å². The van der Waals surface area contributed by atoms with Crippen LogP contribution in [0.5, 0.6) is 5.75 Å². The third-order valence-corrected chi connectivity index (χ3v) is 5.23. The Bertz CT molecular complexity index is 743. The van der Waals surface area contributed by atoms with E-state index in [4.69, 9.17) is 9.72 Å². The Morgan fingerprint density at radius 1 is 1.43 bits per heavy atom. The molecule has 3 heterocycles. The fourth-order valence-electron chi connectivity index (χ4n) is 3.15. The maximum absolute atomic E-state index is 11.5. The number of ether oxygens (including phenoxy) is 1. The molecule has 1 N–H and O–H groups in total. The molecule has 0 bridgehead atoms. The predicted octanol–water partition coefficient (Wildman–Crippen LogP) is 3.38. The lowest BCUT2D eigenvalue weighted by atomic mass is 10.0. The molecular weight excluding hydrogens is 310 g/mol. The molecule has 0 spiro atoms. The number of aromatic nitrogens is 1. The first kappa shape index (κ1) is 14.5. The Morgan fingerprint density at radius 3 is 3.22 bits per heavy atom. The van der Waals surface area contributed by atoms with Gasteiger partial charge in [-0.1, -0.05) is 6.92 Å². The van der Waals surface area contributed by atoms with Gasteiger partial charge in [-0.3, -0.25) is 4.79 Å². The monoisotopic (exact) mass is 329 g/mol. The van der Waals surface area contributed by atoms with E-state index >= 15 is 0 Å². The number of amides is 1. The maximum Gasteiger partial charge on any atom is 0.262 e. The number of anilines is 2. The third kappa shape index (κ3) is 2.91. The number of hydrogen-bond acceptors (Lipinski definition) is 5. The molecule has 5 nitrogen and oxygen atoms in total. The van der Waals surface area contributed by atoms with Crippen molar-refractivity contribution in [2.75, 3.05) is 29.9 Å². The summed E-state index contributed by atoms with van der Waals surface area (Å²) in [5.41, 5.74) is 2.67. The number of rotatable bonds is 2. The highest BCUT2D eigenvalue weighted by atomic mass is 32.1. The number of carbonyl (C=O) groups excluding carboxylic acids is 1. The minimum absolute atomic E-state index is 0.0837. The molecule has 4 rings (SSSR count). The lowest BCUT2D eigenvalue weighted by Gasteiger charge is -2.30. The number of hydrogen-bond donors (Lipinski definition) is 1. The van der Waals surface area contributed by atoms with E-state index in [-0.39, 0.29) is 12.5 Å². The number of nitrogens with one attached hydrogen (secondary N) is 1. The minimum atomic E-state index is -0.115. The van der Waals surface area contributed by atoms with Crippen molar-refractivity contribution in [2.24, 2.45) is 5.92 Å². The van der Waals surface area contributed by atoms with E-state index in [1.54, 1.807) is 11.3 Å². The van der Waals surface area contributed by atoms with Gasteiger partial charge < -0.3 is 15.0 Å². The summed E-state index contributed by atoms with van der Waals surface area (Å²) >= 11 is 1.69. The zero-order chi connectivity index (χ0) is 15.8. The highest BCUT2D eigenvalue weighted by molar-refractivity contribution is 7.14. The fourth-order valence-corrected chi connectivity index (χ4v) is 4.02. The average molecular weight is 329 g/mol. The Morgan fingerprint density at radius 2 is 2.35 bits per heavy atom. The molecule has 120 valence electrons. The van der Waals surface area contributed by atoms with Gasteiger partial charge in [0.1, 0.15) is 5.75 Å². The largest absolute Gasteiger partial charge is 0.482 e. The molecule has 2 aromatic rings. The second-order valence-electron chi connectivity index (χ2n) is 6.26. The summed E-state index contributed by atoms with van der Waals surface area (Å²) in [5.74, 6) is 1.33. The molecule has 1 saturated heterocycles. The predicted molar refractivity (Wildman–Crippen MR) is 92.3 cm³/mol. The molecule has 0 saturated carbocycles. The van der Waals surface area contributed by atoms with Crippen molar-refractivity contribution in [3.63, 3.8) is 0 Å². The molecule has 6 heteroatoms. The van der Waals surface area contributed by atoms with Crippen LogP contribution in [-0.2, 0) is 4.79 Å². The topological polar surface area (TPSA) is 54.5 Å². The van der Waals surface area contributed by atoms with Crippen LogP contribution in [-0.4, -0.2) is 30.6 Å². The van der Waals surface area contributed by atoms with E-state index in [1.165, 1.54) is 12.8 Å². The molecule has 2 aliphatic heterocycles. The standard InChI is InChI=1S/C17H19N3O2S/c1-11-3-2-6-20(8-11)17-19-14(10-23-17)12-4-5-15-13(7-12)18-16(21)9-22-15/h4-5,7,10-11H,2-3,6,8-9H2,1H3,(H,18,21). The first-order valence-corrected chi connectivity index (χ1v) is 8.84. The van der Waals surface area contributed by atoms with Crippen molar-refractivity contribution in [3.05, 3.63) is 23.6 Å².